The minimum atomic E-state index is -0.199. The SMILES string of the molecule is CCNC(=NCC(C(CC)CC)N(C)C)NC1CCN(C(=O)OCC)CC1. The van der Waals surface area contributed by atoms with E-state index in [1.807, 2.05) is 6.92 Å². The number of piperidine rings is 1. The summed E-state index contributed by atoms with van der Waals surface area (Å²) in [6, 6.07) is 0.778. The van der Waals surface area contributed by atoms with Crippen molar-refractivity contribution >= 4 is 12.1 Å². The number of carbonyl (C=O) groups is 1. The Hall–Kier alpha value is -1.50. The molecule has 7 nitrogen and oxygen atoms in total. The van der Waals surface area contributed by atoms with Gasteiger partial charge in [0.05, 0.1) is 13.2 Å². The zero-order valence-electron chi connectivity index (χ0n) is 18.3. The summed E-state index contributed by atoms with van der Waals surface area (Å²) in [6.07, 6.45) is 3.96. The molecule has 1 heterocycles. The van der Waals surface area contributed by atoms with Crippen LogP contribution in [0.2, 0.25) is 0 Å². The number of aliphatic imine (C=N–C) groups is 1. The first-order chi connectivity index (χ1) is 13.0. The van der Waals surface area contributed by atoms with Crippen molar-refractivity contribution in [3.63, 3.8) is 0 Å². The first-order valence-corrected chi connectivity index (χ1v) is 10.6. The van der Waals surface area contributed by atoms with Crippen LogP contribution in [0.4, 0.5) is 4.79 Å². The Morgan fingerprint density at radius 3 is 2.30 bits per heavy atom. The summed E-state index contributed by atoms with van der Waals surface area (Å²) in [5.74, 6) is 1.53. The second-order valence-electron chi connectivity index (χ2n) is 7.43. The van der Waals surface area contributed by atoms with Crippen LogP contribution in [0.3, 0.4) is 0 Å². The van der Waals surface area contributed by atoms with Gasteiger partial charge in [-0.3, -0.25) is 4.99 Å². The molecule has 1 amide bonds. The summed E-state index contributed by atoms with van der Waals surface area (Å²) in [5.41, 5.74) is 0. The molecular weight excluding hydrogens is 342 g/mol. The van der Waals surface area contributed by atoms with Gasteiger partial charge in [-0.15, -0.1) is 0 Å². The maximum absolute atomic E-state index is 11.8. The maximum Gasteiger partial charge on any atom is 0.409 e. The first-order valence-electron chi connectivity index (χ1n) is 10.6. The third-order valence-corrected chi connectivity index (χ3v) is 5.40. The highest BCUT2D eigenvalue weighted by molar-refractivity contribution is 5.80. The number of carbonyl (C=O) groups excluding carboxylic acids is 1. The Kier molecular flexibility index (Phi) is 11.2. The standard InChI is InChI=1S/C20H41N5O2/c1-7-16(8-2)18(24(5)6)15-22-19(21-9-3)23-17-11-13-25(14-12-17)20(26)27-10-4/h16-18H,7-15H2,1-6H3,(H2,21,22,23). The molecule has 1 aliphatic rings. The third-order valence-electron chi connectivity index (χ3n) is 5.40. The summed E-state index contributed by atoms with van der Waals surface area (Å²) in [4.78, 5) is 20.8. The van der Waals surface area contributed by atoms with E-state index in [1.54, 1.807) is 4.90 Å². The fourth-order valence-electron chi connectivity index (χ4n) is 3.69. The van der Waals surface area contributed by atoms with Crippen LogP contribution in [-0.2, 0) is 4.74 Å². The van der Waals surface area contributed by atoms with Gasteiger partial charge in [0.2, 0.25) is 0 Å². The van der Waals surface area contributed by atoms with Crippen molar-refractivity contribution in [1.29, 1.82) is 0 Å². The minimum absolute atomic E-state index is 0.199. The second-order valence-corrected chi connectivity index (χ2v) is 7.43. The summed E-state index contributed by atoms with van der Waals surface area (Å²) in [7, 11) is 4.29. The lowest BCUT2D eigenvalue weighted by atomic mass is 9.93. The van der Waals surface area contributed by atoms with E-state index >= 15 is 0 Å². The number of hydrogen-bond donors (Lipinski definition) is 2. The van der Waals surface area contributed by atoms with Gasteiger partial charge < -0.3 is 25.2 Å². The van der Waals surface area contributed by atoms with E-state index < -0.39 is 0 Å². The maximum atomic E-state index is 11.8. The van der Waals surface area contributed by atoms with E-state index in [-0.39, 0.29) is 6.09 Å². The molecule has 27 heavy (non-hydrogen) atoms. The van der Waals surface area contributed by atoms with Crippen LogP contribution in [0.25, 0.3) is 0 Å². The topological polar surface area (TPSA) is 69.2 Å². The Morgan fingerprint density at radius 2 is 1.81 bits per heavy atom. The molecule has 2 N–H and O–H groups in total. The average molecular weight is 384 g/mol. The fraction of sp³-hybridized carbons (Fsp3) is 0.900. The smallest absolute Gasteiger partial charge is 0.409 e. The number of rotatable bonds is 9. The van der Waals surface area contributed by atoms with E-state index in [9.17, 15) is 4.79 Å². The van der Waals surface area contributed by atoms with Crippen LogP contribution in [0.15, 0.2) is 4.99 Å². The van der Waals surface area contributed by atoms with E-state index in [2.05, 4.69) is 50.4 Å². The van der Waals surface area contributed by atoms with Gasteiger partial charge in [0.15, 0.2) is 5.96 Å². The number of likely N-dealkylation sites (N-methyl/N-ethyl adjacent to an activating group) is 1. The number of guanidine groups is 1. The van der Waals surface area contributed by atoms with Crippen molar-refractivity contribution in [3.05, 3.63) is 0 Å². The summed E-state index contributed by atoms with van der Waals surface area (Å²) >= 11 is 0. The Bertz CT molecular complexity index is 444. The third kappa shape index (κ3) is 7.95. The van der Waals surface area contributed by atoms with Gasteiger partial charge >= 0.3 is 6.09 Å². The van der Waals surface area contributed by atoms with Gasteiger partial charge in [0.1, 0.15) is 0 Å². The molecule has 1 unspecified atom stereocenters. The van der Waals surface area contributed by atoms with E-state index in [0.717, 1.165) is 45.0 Å². The van der Waals surface area contributed by atoms with Crippen LogP contribution in [0, 0.1) is 5.92 Å². The Balaban J connectivity index is 2.62. The number of ether oxygens (including phenoxy) is 1. The molecule has 1 fully saturated rings. The molecular formula is C20H41N5O2. The quantitative estimate of drug-likeness (QED) is 0.473. The molecule has 1 aliphatic heterocycles. The predicted molar refractivity (Wildman–Crippen MR) is 112 cm³/mol. The number of nitrogens with one attached hydrogen (secondary N) is 2. The van der Waals surface area contributed by atoms with Crippen molar-refractivity contribution in [2.24, 2.45) is 10.9 Å². The van der Waals surface area contributed by atoms with Crippen molar-refractivity contribution in [2.75, 3.05) is 46.9 Å². The molecule has 0 spiro atoms. The summed E-state index contributed by atoms with van der Waals surface area (Å²) < 4.78 is 5.09. The van der Waals surface area contributed by atoms with Crippen molar-refractivity contribution in [3.8, 4) is 0 Å². The largest absolute Gasteiger partial charge is 0.450 e. The molecule has 0 bridgehead atoms. The minimum Gasteiger partial charge on any atom is -0.450 e. The molecule has 1 atom stereocenters. The molecule has 0 aromatic carbocycles. The average Bonchev–Trinajstić information content (AvgIpc) is 2.65. The summed E-state index contributed by atoms with van der Waals surface area (Å²) in [5, 5.41) is 6.93. The summed E-state index contributed by atoms with van der Waals surface area (Å²) in [6.45, 7) is 12.0. The Labute approximate surface area is 165 Å². The second kappa shape index (κ2) is 12.8. The highest BCUT2D eigenvalue weighted by Crippen LogP contribution is 2.17. The monoisotopic (exact) mass is 383 g/mol. The molecule has 0 aliphatic carbocycles. The lowest BCUT2D eigenvalue weighted by molar-refractivity contribution is 0.0963. The zero-order chi connectivity index (χ0) is 20.2. The van der Waals surface area contributed by atoms with E-state index in [1.165, 1.54) is 12.8 Å². The highest BCUT2D eigenvalue weighted by Gasteiger charge is 2.25. The molecule has 0 saturated carbocycles. The molecule has 0 aromatic rings. The highest BCUT2D eigenvalue weighted by atomic mass is 16.6. The zero-order valence-corrected chi connectivity index (χ0v) is 18.3. The van der Waals surface area contributed by atoms with Crippen LogP contribution >= 0.6 is 0 Å². The van der Waals surface area contributed by atoms with E-state index in [0.29, 0.717) is 24.6 Å². The first kappa shape index (κ1) is 23.5. The number of amides is 1. The van der Waals surface area contributed by atoms with Gasteiger partial charge in [-0.05, 0) is 46.7 Å². The van der Waals surface area contributed by atoms with Gasteiger partial charge in [-0.2, -0.15) is 0 Å². The van der Waals surface area contributed by atoms with Crippen LogP contribution < -0.4 is 10.6 Å². The normalized spacial score (nSPS) is 17.3. The molecule has 0 aromatic heterocycles. The van der Waals surface area contributed by atoms with Crippen molar-refractivity contribution < 1.29 is 9.53 Å². The van der Waals surface area contributed by atoms with Crippen LogP contribution in [0.5, 0.6) is 0 Å². The number of nitrogens with zero attached hydrogens (tertiary/aromatic N) is 3. The molecule has 1 saturated heterocycles. The van der Waals surface area contributed by atoms with Crippen molar-refractivity contribution in [2.45, 2.75) is 65.5 Å². The molecule has 0 radical (unpaired) electrons. The fourth-order valence-corrected chi connectivity index (χ4v) is 3.69. The van der Waals surface area contributed by atoms with E-state index in [4.69, 9.17) is 9.73 Å². The van der Waals surface area contributed by atoms with Gasteiger partial charge in [-0.25, -0.2) is 4.79 Å². The molecule has 158 valence electrons. The molecule has 1 rings (SSSR count). The van der Waals surface area contributed by atoms with Gasteiger partial charge in [0, 0.05) is 31.7 Å². The molecule has 7 heteroatoms. The lowest BCUT2D eigenvalue weighted by Gasteiger charge is -2.33. The Morgan fingerprint density at radius 1 is 1.19 bits per heavy atom. The van der Waals surface area contributed by atoms with Gasteiger partial charge in [-0.1, -0.05) is 26.7 Å². The van der Waals surface area contributed by atoms with Crippen molar-refractivity contribution in [1.82, 2.24) is 20.4 Å². The van der Waals surface area contributed by atoms with Crippen LogP contribution in [0.1, 0.15) is 53.4 Å². The number of likely N-dealkylation sites (tertiary alicyclic amines) is 1. The van der Waals surface area contributed by atoms with Gasteiger partial charge in [0.25, 0.3) is 0 Å². The van der Waals surface area contributed by atoms with Crippen LogP contribution in [-0.4, -0.2) is 80.8 Å². The number of hydrogen-bond acceptors (Lipinski definition) is 4. The predicted octanol–water partition coefficient (Wildman–Crippen LogP) is 2.53. The lowest BCUT2D eigenvalue weighted by Crippen LogP contribution is -2.50.